The van der Waals surface area contributed by atoms with Gasteiger partial charge in [-0.1, -0.05) is 29.8 Å². The summed E-state index contributed by atoms with van der Waals surface area (Å²) in [5.74, 6) is -0.364. The van der Waals surface area contributed by atoms with Gasteiger partial charge in [-0.25, -0.2) is 0 Å². The molecule has 3 aromatic rings. The molecule has 0 saturated heterocycles. The number of nitrogens with one attached hydrogen (secondary N) is 1. The quantitative estimate of drug-likeness (QED) is 0.550. The van der Waals surface area contributed by atoms with Gasteiger partial charge >= 0.3 is 0 Å². The van der Waals surface area contributed by atoms with Crippen molar-refractivity contribution in [1.29, 1.82) is 0 Å². The van der Waals surface area contributed by atoms with Gasteiger partial charge in [-0.15, -0.1) is 0 Å². The molecular weight excluding hydrogens is 396 g/mol. The van der Waals surface area contributed by atoms with Gasteiger partial charge in [-0.3, -0.25) is 19.6 Å². The van der Waals surface area contributed by atoms with Gasteiger partial charge < -0.3 is 10.2 Å². The first kappa shape index (κ1) is 21.5. The first-order chi connectivity index (χ1) is 14.6. The van der Waals surface area contributed by atoms with E-state index in [0.717, 1.165) is 17.0 Å². The molecule has 1 N–H and O–H groups in total. The Bertz CT molecular complexity index is 924. The van der Waals surface area contributed by atoms with Gasteiger partial charge in [0.25, 0.3) is 5.91 Å². The monoisotopic (exact) mass is 420 g/mol. The summed E-state index contributed by atoms with van der Waals surface area (Å²) in [6.07, 6.45) is 3.38. The largest absolute Gasteiger partial charge is 0.339 e. The maximum absolute atomic E-state index is 13.3. The number of amides is 2. The van der Waals surface area contributed by atoms with Crippen molar-refractivity contribution < 1.29 is 9.59 Å². The second-order valence-electron chi connectivity index (χ2n) is 6.91. The summed E-state index contributed by atoms with van der Waals surface area (Å²) >= 11 is 4.31. The molecule has 0 fully saturated rings. The highest BCUT2D eigenvalue weighted by atomic mass is 32.1. The summed E-state index contributed by atoms with van der Waals surface area (Å²) in [6, 6.07) is 17.6. The Morgan fingerprint density at radius 1 is 0.933 bits per heavy atom. The molecule has 0 aliphatic carbocycles. The fourth-order valence-corrected chi connectivity index (χ4v) is 3.19. The van der Waals surface area contributed by atoms with Crippen molar-refractivity contribution in [3.63, 3.8) is 0 Å². The van der Waals surface area contributed by atoms with Crippen molar-refractivity contribution in [3.8, 4) is 0 Å². The summed E-state index contributed by atoms with van der Waals surface area (Å²) in [6.45, 7) is 2.57. The van der Waals surface area contributed by atoms with Crippen LogP contribution in [-0.2, 0) is 17.9 Å². The highest BCUT2D eigenvalue weighted by Gasteiger charge is 2.26. The smallest absolute Gasteiger partial charge is 0.251 e. The van der Waals surface area contributed by atoms with Gasteiger partial charge in [0.15, 0.2) is 0 Å². The average molecular weight is 421 g/mol. The molecule has 0 unspecified atom stereocenters. The van der Waals surface area contributed by atoms with Crippen LogP contribution < -0.4 is 5.32 Å². The Balaban J connectivity index is 1.78. The molecule has 2 heterocycles. The Kier molecular flexibility index (Phi) is 7.57. The highest BCUT2D eigenvalue weighted by molar-refractivity contribution is 7.80. The predicted octanol–water partition coefficient (Wildman–Crippen LogP) is 3.04. The zero-order valence-corrected chi connectivity index (χ0v) is 17.6. The molecule has 1 atom stereocenters. The van der Waals surface area contributed by atoms with Crippen LogP contribution in [0.1, 0.15) is 27.3 Å². The van der Waals surface area contributed by atoms with Crippen molar-refractivity contribution in [2.75, 3.05) is 5.75 Å². The van der Waals surface area contributed by atoms with Crippen molar-refractivity contribution in [2.45, 2.75) is 26.1 Å². The maximum Gasteiger partial charge on any atom is 0.251 e. The van der Waals surface area contributed by atoms with E-state index < -0.39 is 6.04 Å². The van der Waals surface area contributed by atoms with Crippen LogP contribution in [0.25, 0.3) is 0 Å². The molecule has 1 aromatic carbocycles. The van der Waals surface area contributed by atoms with Gasteiger partial charge in [0, 0.05) is 23.7 Å². The first-order valence-corrected chi connectivity index (χ1v) is 10.3. The van der Waals surface area contributed by atoms with E-state index in [-0.39, 0.29) is 17.6 Å². The zero-order valence-electron chi connectivity index (χ0n) is 16.7. The third kappa shape index (κ3) is 5.90. The van der Waals surface area contributed by atoms with E-state index in [0.29, 0.717) is 18.7 Å². The summed E-state index contributed by atoms with van der Waals surface area (Å²) in [5.41, 5.74) is 3.07. The van der Waals surface area contributed by atoms with Crippen molar-refractivity contribution in [3.05, 3.63) is 95.6 Å². The molecule has 3 rings (SSSR count). The number of carbonyl (C=O) groups excluding carboxylic acids is 2. The number of nitrogens with zero attached hydrogens (tertiary/aromatic N) is 3. The van der Waals surface area contributed by atoms with Crippen LogP contribution in [0, 0.1) is 6.92 Å². The topological polar surface area (TPSA) is 75.2 Å². The molecule has 154 valence electrons. The maximum atomic E-state index is 13.3. The first-order valence-electron chi connectivity index (χ1n) is 9.64. The SMILES string of the molecule is Cc1ccc(C(=O)N[C@@H](CS)C(=O)N(Cc2ccccn2)Cc2ccccn2)cc1. The number of pyridine rings is 2. The predicted molar refractivity (Wildman–Crippen MR) is 119 cm³/mol. The Labute approximate surface area is 181 Å². The molecule has 0 saturated carbocycles. The fraction of sp³-hybridized carbons (Fsp3) is 0.217. The lowest BCUT2D eigenvalue weighted by molar-refractivity contribution is -0.134. The van der Waals surface area contributed by atoms with Gasteiger partial charge in [0.05, 0.1) is 24.5 Å². The highest BCUT2D eigenvalue weighted by Crippen LogP contribution is 2.11. The van der Waals surface area contributed by atoms with Gasteiger partial charge in [-0.2, -0.15) is 12.6 Å². The van der Waals surface area contributed by atoms with Crippen LogP contribution in [0.2, 0.25) is 0 Å². The summed E-state index contributed by atoms with van der Waals surface area (Å²) in [5, 5.41) is 2.81. The van der Waals surface area contributed by atoms with Crippen LogP contribution in [0.3, 0.4) is 0 Å². The molecular formula is C23H24N4O2S. The average Bonchev–Trinajstić information content (AvgIpc) is 2.78. The van der Waals surface area contributed by atoms with Crippen molar-refractivity contribution in [1.82, 2.24) is 20.2 Å². The molecule has 2 aromatic heterocycles. The fourth-order valence-electron chi connectivity index (χ4n) is 2.94. The number of aryl methyl sites for hydroxylation is 1. The third-order valence-corrected chi connectivity index (χ3v) is 4.93. The molecule has 0 spiro atoms. The summed E-state index contributed by atoms with van der Waals surface area (Å²) in [7, 11) is 0. The molecule has 0 bridgehead atoms. The zero-order chi connectivity index (χ0) is 21.3. The van der Waals surface area contributed by atoms with Crippen LogP contribution >= 0.6 is 12.6 Å². The number of carbonyl (C=O) groups is 2. The van der Waals surface area contributed by atoms with Gasteiger partial charge in [0.2, 0.25) is 5.91 Å². The molecule has 0 aliphatic heterocycles. The van der Waals surface area contributed by atoms with Crippen molar-refractivity contribution >= 4 is 24.4 Å². The lowest BCUT2D eigenvalue weighted by atomic mass is 10.1. The lowest BCUT2D eigenvalue weighted by Gasteiger charge is -2.27. The molecule has 2 amide bonds. The molecule has 0 radical (unpaired) electrons. The standard InChI is InChI=1S/C23H24N4O2S/c1-17-8-10-18(11-9-17)22(28)26-21(16-30)23(29)27(14-19-6-2-4-12-24-19)15-20-7-3-5-13-25-20/h2-13,21,30H,14-16H2,1H3,(H,26,28)/t21-/m0/s1. The van der Waals surface area contributed by atoms with Crippen LogP contribution in [0.4, 0.5) is 0 Å². The number of rotatable bonds is 8. The van der Waals surface area contributed by atoms with Crippen LogP contribution in [0.5, 0.6) is 0 Å². The van der Waals surface area contributed by atoms with E-state index in [1.807, 2.05) is 55.5 Å². The second kappa shape index (κ2) is 10.5. The number of hydrogen-bond acceptors (Lipinski definition) is 5. The lowest BCUT2D eigenvalue weighted by Crippen LogP contribution is -2.49. The van der Waals surface area contributed by atoms with Gasteiger partial charge in [-0.05, 0) is 43.3 Å². The van der Waals surface area contributed by atoms with E-state index >= 15 is 0 Å². The third-order valence-electron chi connectivity index (χ3n) is 4.57. The van der Waals surface area contributed by atoms with Gasteiger partial charge in [0.1, 0.15) is 6.04 Å². The minimum absolute atomic E-state index is 0.178. The Morgan fingerprint density at radius 2 is 1.50 bits per heavy atom. The number of benzene rings is 1. The second-order valence-corrected chi connectivity index (χ2v) is 7.28. The Hall–Kier alpha value is -3.19. The molecule has 7 heteroatoms. The van der Waals surface area contributed by atoms with E-state index in [1.165, 1.54) is 0 Å². The number of hydrogen-bond donors (Lipinski definition) is 2. The molecule has 0 aliphatic rings. The van der Waals surface area contributed by atoms with E-state index in [2.05, 4.69) is 27.9 Å². The molecule has 30 heavy (non-hydrogen) atoms. The number of aromatic nitrogens is 2. The van der Waals surface area contributed by atoms with E-state index in [1.54, 1.807) is 29.4 Å². The van der Waals surface area contributed by atoms with Crippen LogP contribution in [0.15, 0.2) is 73.1 Å². The normalized spacial score (nSPS) is 11.5. The van der Waals surface area contributed by atoms with E-state index in [9.17, 15) is 9.59 Å². The number of thiol groups is 1. The van der Waals surface area contributed by atoms with Crippen molar-refractivity contribution in [2.24, 2.45) is 0 Å². The summed E-state index contributed by atoms with van der Waals surface area (Å²) in [4.78, 5) is 36.2. The van der Waals surface area contributed by atoms with Crippen LogP contribution in [-0.4, -0.2) is 38.5 Å². The van der Waals surface area contributed by atoms with E-state index in [4.69, 9.17) is 0 Å². The minimum Gasteiger partial charge on any atom is -0.339 e. The Morgan fingerprint density at radius 3 is 1.97 bits per heavy atom. The molecule has 6 nitrogen and oxygen atoms in total. The minimum atomic E-state index is -0.769. The summed E-state index contributed by atoms with van der Waals surface area (Å²) < 4.78 is 0.